The normalized spacial score (nSPS) is 10.5. The highest BCUT2D eigenvalue weighted by Crippen LogP contribution is 2.22. The van der Waals surface area contributed by atoms with Crippen LogP contribution in [0.2, 0.25) is 0 Å². The minimum absolute atomic E-state index is 0.137. The number of hydrogen-bond donors (Lipinski definition) is 2. The second kappa shape index (κ2) is 7.87. The Morgan fingerprint density at radius 3 is 2.43 bits per heavy atom. The average molecular weight is 376 g/mol. The lowest BCUT2D eigenvalue weighted by Gasteiger charge is -2.18. The van der Waals surface area contributed by atoms with Crippen LogP contribution in [-0.4, -0.2) is 21.4 Å². The number of nitrogens with one attached hydrogen (secondary N) is 1. The number of anilines is 1. The van der Waals surface area contributed by atoms with E-state index in [1.54, 1.807) is 18.2 Å². The summed E-state index contributed by atoms with van der Waals surface area (Å²) in [5, 5.41) is 0. The maximum absolute atomic E-state index is 12.9. The molecule has 0 saturated heterocycles. The predicted octanol–water partition coefficient (Wildman–Crippen LogP) is 2.65. The highest BCUT2D eigenvalue weighted by Gasteiger charge is 2.21. The standard InChI is InChI=1S/C21H20N4O3/c1-3-17-21(28)25(24-16-11-7-10-15(12-16)20(22)27)19(13(2)26)18(23-17)14-8-5-4-6-9-14/h4-12,24H,3H2,1-2H3,(H2,22,27). The van der Waals surface area contributed by atoms with E-state index >= 15 is 0 Å². The van der Waals surface area contributed by atoms with Crippen molar-refractivity contribution in [2.75, 3.05) is 5.43 Å². The number of nitrogens with zero attached hydrogens (tertiary/aromatic N) is 2. The van der Waals surface area contributed by atoms with Crippen LogP contribution in [0.4, 0.5) is 5.69 Å². The van der Waals surface area contributed by atoms with Gasteiger partial charge in [-0.25, -0.2) is 9.66 Å². The molecule has 0 spiro atoms. The third-order valence-electron chi connectivity index (χ3n) is 4.25. The molecule has 0 unspecified atom stereocenters. The van der Waals surface area contributed by atoms with Crippen LogP contribution in [0.5, 0.6) is 0 Å². The van der Waals surface area contributed by atoms with E-state index in [0.717, 1.165) is 5.56 Å². The quantitative estimate of drug-likeness (QED) is 0.643. The number of carbonyl (C=O) groups is 2. The molecule has 28 heavy (non-hydrogen) atoms. The zero-order valence-electron chi connectivity index (χ0n) is 15.6. The monoisotopic (exact) mass is 376 g/mol. The van der Waals surface area contributed by atoms with Gasteiger partial charge in [0.25, 0.3) is 5.56 Å². The van der Waals surface area contributed by atoms with Gasteiger partial charge in [-0.2, -0.15) is 0 Å². The van der Waals surface area contributed by atoms with Crippen LogP contribution in [0.1, 0.15) is 40.4 Å². The first-order valence-electron chi connectivity index (χ1n) is 8.81. The van der Waals surface area contributed by atoms with Crippen molar-refractivity contribution in [1.29, 1.82) is 0 Å². The number of rotatable bonds is 6. The van der Waals surface area contributed by atoms with Crippen molar-refractivity contribution in [3.8, 4) is 11.3 Å². The van der Waals surface area contributed by atoms with Crippen molar-refractivity contribution in [2.24, 2.45) is 5.73 Å². The van der Waals surface area contributed by atoms with Crippen molar-refractivity contribution in [3.05, 3.63) is 81.9 Å². The Kier molecular flexibility index (Phi) is 5.35. The fourth-order valence-corrected chi connectivity index (χ4v) is 2.90. The van der Waals surface area contributed by atoms with Crippen LogP contribution in [0, 0.1) is 0 Å². The average Bonchev–Trinajstić information content (AvgIpc) is 2.69. The summed E-state index contributed by atoms with van der Waals surface area (Å²) in [6.45, 7) is 3.20. The van der Waals surface area contributed by atoms with E-state index in [1.807, 2.05) is 37.3 Å². The molecule has 0 atom stereocenters. The van der Waals surface area contributed by atoms with E-state index in [9.17, 15) is 14.4 Å². The number of aromatic nitrogens is 2. The molecule has 1 amide bonds. The zero-order chi connectivity index (χ0) is 20.3. The number of amides is 1. The Bertz CT molecular complexity index is 1100. The Hall–Kier alpha value is -3.74. The minimum Gasteiger partial charge on any atom is -0.366 e. The van der Waals surface area contributed by atoms with Gasteiger partial charge in [0.2, 0.25) is 5.91 Å². The van der Waals surface area contributed by atoms with Gasteiger partial charge in [-0.1, -0.05) is 43.3 Å². The fraction of sp³-hybridized carbons (Fsp3) is 0.143. The van der Waals surface area contributed by atoms with E-state index in [-0.39, 0.29) is 17.0 Å². The number of Topliss-reactive ketones (excluding diaryl/α,β-unsaturated/α-hetero) is 1. The molecular weight excluding hydrogens is 356 g/mol. The van der Waals surface area contributed by atoms with Gasteiger partial charge < -0.3 is 5.73 Å². The second-order valence-corrected chi connectivity index (χ2v) is 6.23. The molecule has 0 bridgehead atoms. The van der Waals surface area contributed by atoms with Gasteiger partial charge in [0.15, 0.2) is 5.78 Å². The first-order valence-corrected chi connectivity index (χ1v) is 8.81. The smallest absolute Gasteiger partial charge is 0.291 e. The van der Waals surface area contributed by atoms with E-state index in [1.165, 1.54) is 17.7 Å². The summed E-state index contributed by atoms with van der Waals surface area (Å²) < 4.78 is 1.19. The number of hydrogen-bond acceptors (Lipinski definition) is 5. The van der Waals surface area contributed by atoms with Crippen molar-refractivity contribution in [1.82, 2.24) is 9.66 Å². The summed E-state index contributed by atoms with van der Waals surface area (Å²) in [7, 11) is 0. The molecule has 3 aromatic rings. The molecule has 0 fully saturated rings. The summed E-state index contributed by atoms with van der Waals surface area (Å²) in [4.78, 5) is 41.3. The molecule has 3 rings (SSSR count). The van der Waals surface area contributed by atoms with Gasteiger partial charge >= 0.3 is 0 Å². The van der Waals surface area contributed by atoms with Crippen LogP contribution in [0.15, 0.2) is 59.4 Å². The number of ketones is 1. The third kappa shape index (κ3) is 3.68. The van der Waals surface area contributed by atoms with Crippen LogP contribution < -0.4 is 16.7 Å². The summed E-state index contributed by atoms with van der Waals surface area (Å²) in [5.74, 6) is -0.901. The van der Waals surface area contributed by atoms with Gasteiger partial charge in [-0.3, -0.25) is 19.8 Å². The van der Waals surface area contributed by atoms with Crippen molar-refractivity contribution in [3.63, 3.8) is 0 Å². The Morgan fingerprint density at radius 1 is 1.11 bits per heavy atom. The lowest BCUT2D eigenvalue weighted by atomic mass is 10.1. The summed E-state index contributed by atoms with van der Waals surface area (Å²) in [6.07, 6.45) is 0.403. The Morgan fingerprint density at radius 2 is 1.82 bits per heavy atom. The molecule has 1 aromatic heterocycles. The van der Waals surface area contributed by atoms with Crippen LogP contribution in [-0.2, 0) is 6.42 Å². The predicted molar refractivity (Wildman–Crippen MR) is 107 cm³/mol. The molecule has 0 aliphatic heterocycles. The first kappa shape index (κ1) is 19.0. The van der Waals surface area contributed by atoms with Gasteiger partial charge in [0.1, 0.15) is 17.1 Å². The molecule has 0 radical (unpaired) electrons. The first-order chi connectivity index (χ1) is 13.4. The topological polar surface area (TPSA) is 107 Å². The van der Waals surface area contributed by atoms with Crippen molar-refractivity contribution < 1.29 is 9.59 Å². The highest BCUT2D eigenvalue weighted by atomic mass is 16.2. The van der Waals surface area contributed by atoms with Crippen LogP contribution in [0.3, 0.4) is 0 Å². The molecule has 1 heterocycles. The van der Waals surface area contributed by atoms with Crippen LogP contribution >= 0.6 is 0 Å². The molecule has 0 aliphatic carbocycles. The maximum Gasteiger partial charge on any atom is 0.291 e. The third-order valence-corrected chi connectivity index (χ3v) is 4.25. The van der Waals surface area contributed by atoms with E-state index in [4.69, 9.17) is 5.73 Å². The van der Waals surface area contributed by atoms with Gasteiger partial charge in [0.05, 0.1) is 5.69 Å². The number of nitrogens with two attached hydrogens (primary N) is 1. The Labute approximate surface area is 161 Å². The fourth-order valence-electron chi connectivity index (χ4n) is 2.90. The van der Waals surface area contributed by atoms with E-state index in [2.05, 4.69) is 10.4 Å². The van der Waals surface area contributed by atoms with Gasteiger partial charge in [-0.15, -0.1) is 0 Å². The molecule has 142 valence electrons. The van der Waals surface area contributed by atoms with Crippen LogP contribution in [0.25, 0.3) is 11.3 Å². The number of benzene rings is 2. The molecule has 7 nitrogen and oxygen atoms in total. The van der Waals surface area contributed by atoms with Crippen molar-refractivity contribution in [2.45, 2.75) is 20.3 Å². The lowest BCUT2D eigenvalue weighted by Crippen LogP contribution is -2.35. The number of aryl methyl sites for hydroxylation is 1. The maximum atomic E-state index is 12.9. The van der Waals surface area contributed by atoms with E-state index < -0.39 is 11.5 Å². The highest BCUT2D eigenvalue weighted by molar-refractivity contribution is 5.98. The second-order valence-electron chi connectivity index (χ2n) is 6.23. The summed E-state index contributed by atoms with van der Waals surface area (Å²) in [6, 6.07) is 15.6. The van der Waals surface area contributed by atoms with Gasteiger partial charge in [0, 0.05) is 18.1 Å². The molecule has 0 saturated carbocycles. The molecule has 7 heteroatoms. The Balaban J connectivity index is 2.25. The van der Waals surface area contributed by atoms with Gasteiger partial charge in [-0.05, 0) is 24.6 Å². The lowest BCUT2D eigenvalue weighted by molar-refractivity contribution is 0.0993. The number of carbonyl (C=O) groups excluding carboxylic acids is 2. The molecular formula is C21H20N4O3. The minimum atomic E-state index is -0.586. The molecule has 3 N–H and O–H groups in total. The number of primary amides is 1. The van der Waals surface area contributed by atoms with E-state index in [0.29, 0.717) is 23.5 Å². The SMILES string of the molecule is CCc1nc(-c2ccccc2)c(C(C)=O)n(Nc2cccc(C(N)=O)c2)c1=O. The molecule has 0 aliphatic rings. The summed E-state index contributed by atoms with van der Waals surface area (Å²) >= 11 is 0. The largest absolute Gasteiger partial charge is 0.366 e. The zero-order valence-corrected chi connectivity index (χ0v) is 15.6. The summed E-state index contributed by atoms with van der Waals surface area (Å²) in [5.41, 5.74) is 10.2. The molecule has 2 aromatic carbocycles. The van der Waals surface area contributed by atoms with Crippen molar-refractivity contribution >= 4 is 17.4 Å².